The van der Waals surface area contributed by atoms with Crippen LogP contribution >= 0.6 is 0 Å². The van der Waals surface area contributed by atoms with E-state index in [9.17, 15) is 9.90 Å². The van der Waals surface area contributed by atoms with Gasteiger partial charge in [-0.15, -0.1) is 0 Å². The third-order valence-electron chi connectivity index (χ3n) is 3.46. The highest BCUT2D eigenvalue weighted by Crippen LogP contribution is 2.23. The van der Waals surface area contributed by atoms with Crippen LogP contribution in [-0.2, 0) is 4.79 Å². The predicted molar refractivity (Wildman–Crippen MR) is 64.6 cm³/mol. The number of hydrogen-bond acceptors (Lipinski definition) is 3. The number of carboxylic acids is 1. The van der Waals surface area contributed by atoms with Gasteiger partial charge in [-0.1, -0.05) is 6.92 Å². The summed E-state index contributed by atoms with van der Waals surface area (Å²) in [5.41, 5.74) is -0.752. The van der Waals surface area contributed by atoms with Crippen LogP contribution in [0, 0.1) is 0 Å². The Bertz CT molecular complexity index is 235. The summed E-state index contributed by atoms with van der Waals surface area (Å²) in [6.07, 6.45) is 3.11. The van der Waals surface area contributed by atoms with Crippen molar-refractivity contribution in [1.29, 1.82) is 0 Å². The van der Waals surface area contributed by atoms with Crippen LogP contribution in [0.15, 0.2) is 0 Å². The summed E-state index contributed by atoms with van der Waals surface area (Å²) < 4.78 is 0. The van der Waals surface area contributed by atoms with Gasteiger partial charge in [0.15, 0.2) is 0 Å². The second kappa shape index (κ2) is 5.64. The molecule has 0 unspecified atom stereocenters. The van der Waals surface area contributed by atoms with E-state index in [1.54, 1.807) is 0 Å². The van der Waals surface area contributed by atoms with E-state index in [4.69, 9.17) is 0 Å². The molecule has 1 heterocycles. The van der Waals surface area contributed by atoms with Gasteiger partial charge in [-0.3, -0.25) is 9.69 Å². The van der Waals surface area contributed by atoms with Crippen molar-refractivity contribution in [2.75, 3.05) is 19.6 Å². The number of piperidine rings is 1. The predicted octanol–water partition coefficient (Wildman–Crippen LogP) is 1.31. The third kappa shape index (κ3) is 2.95. The van der Waals surface area contributed by atoms with Crippen molar-refractivity contribution in [3.05, 3.63) is 0 Å². The molecule has 4 nitrogen and oxygen atoms in total. The molecule has 94 valence electrons. The largest absolute Gasteiger partial charge is 0.480 e. The average Bonchev–Trinajstić information content (AvgIpc) is 2.26. The molecule has 0 saturated carbocycles. The highest BCUT2D eigenvalue weighted by molar-refractivity contribution is 5.77. The van der Waals surface area contributed by atoms with Gasteiger partial charge in [0.2, 0.25) is 0 Å². The van der Waals surface area contributed by atoms with Gasteiger partial charge >= 0.3 is 5.97 Å². The van der Waals surface area contributed by atoms with Crippen LogP contribution < -0.4 is 5.32 Å². The molecule has 0 aromatic carbocycles. The molecule has 4 heteroatoms. The first-order valence-corrected chi connectivity index (χ1v) is 6.21. The van der Waals surface area contributed by atoms with Gasteiger partial charge in [-0.2, -0.15) is 0 Å². The molecular weight excluding hydrogens is 204 g/mol. The molecule has 1 rings (SSSR count). The number of nitrogens with zero attached hydrogens (tertiary/aromatic N) is 1. The Morgan fingerprint density at radius 1 is 1.44 bits per heavy atom. The Hall–Kier alpha value is -0.610. The number of nitrogens with one attached hydrogen (secondary N) is 1. The molecule has 0 bridgehead atoms. The molecule has 0 spiro atoms. The molecule has 2 N–H and O–H groups in total. The summed E-state index contributed by atoms with van der Waals surface area (Å²) in [6, 6.07) is 0.410. The fourth-order valence-electron chi connectivity index (χ4n) is 2.40. The Morgan fingerprint density at radius 3 is 2.44 bits per heavy atom. The van der Waals surface area contributed by atoms with Crippen LogP contribution in [0.5, 0.6) is 0 Å². The van der Waals surface area contributed by atoms with Crippen LogP contribution in [0.3, 0.4) is 0 Å². The summed E-state index contributed by atoms with van der Waals surface area (Å²) in [6.45, 7) is 8.59. The molecule has 16 heavy (non-hydrogen) atoms. The van der Waals surface area contributed by atoms with E-state index in [1.165, 1.54) is 0 Å². The smallest absolute Gasteiger partial charge is 0.323 e. The van der Waals surface area contributed by atoms with E-state index < -0.39 is 11.5 Å². The Balaban J connectivity index is 2.75. The lowest BCUT2D eigenvalue weighted by Gasteiger charge is -2.42. The zero-order valence-electron chi connectivity index (χ0n) is 10.6. The quantitative estimate of drug-likeness (QED) is 0.745. The SMILES string of the molecule is CCCN(C1CCNCC1)C(C)(C)C(=O)O. The molecule has 0 atom stereocenters. The molecule has 0 aliphatic carbocycles. The second-order valence-corrected chi connectivity index (χ2v) is 5.04. The number of rotatable bonds is 5. The van der Waals surface area contributed by atoms with Gasteiger partial charge in [0.05, 0.1) is 0 Å². The normalized spacial score (nSPS) is 19.0. The van der Waals surface area contributed by atoms with Crippen LogP contribution in [-0.4, -0.2) is 47.2 Å². The first-order valence-electron chi connectivity index (χ1n) is 6.21. The van der Waals surface area contributed by atoms with Gasteiger partial charge in [-0.05, 0) is 52.7 Å². The minimum atomic E-state index is -0.752. The maximum atomic E-state index is 11.3. The summed E-state index contributed by atoms with van der Waals surface area (Å²) in [4.78, 5) is 13.5. The Kier molecular flexibility index (Phi) is 4.74. The first-order chi connectivity index (χ1) is 7.50. The van der Waals surface area contributed by atoms with Crippen molar-refractivity contribution in [3.8, 4) is 0 Å². The lowest BCUT2D eigenvalue weighted by Crippen LogP contribution is -2.57. The molecule has 0 radical (unpaired) electrons. The van der Waals surface area contributed by atoms with E-state index in [1.807, 2.05) is 13.8 Å². The van der Waals surface area contributed by atoms with Gasteiger partial charge in [-0.25, -0.2) is 0 Å². The Labute approximate surface area is 98.0 Å². The standard InChI is InChI=1S/C12H24N2O2/c1-4-9-14(12(2,3)11(15)16)10-5-7-13-8-6-10/h10,13H,4-9H2,1-3H3,(H,15,16). The molecular formula is C12H24N2O2. The maximum Gasteiger partial charge on any atom is 0.323 e. The first kappa shape index (κ1) is 13.5. The van der Waals surface area contributed by atoms with Crippen molar-refractivity contribution in [2.24, 2.45) is 0 Å². The van der Waals surface area contributed by atoms with E-state index in [0.29, 0.717) is 6.04 Å². The average molecular weight is 228 g/mol. The lowest BCUT2D eigenvalue weighted by atomic mass is 9.95. The second-order valence-electron chi connectivity index (χ2n) is 5.04. The summed E-state index contributed by atoms with van der Waals surface area (Å²) in [5, 5.41) is 12.6. The molecule has 1 aliphatic rings. The fraction of sp³-hybridized carbons (Fsp3) is 0.917. The van der Waals surface area contributed by atoms with Gasteiger partial charge in [0.25, 0.3) is 0 Å². The van der Waals surface area contributed by atoms with Crippen molar-refractivity contribution in [3.63, 3.8) is 0 Å². The van der Waals surface area contributed by atoms with E-state index in [0.717, 1.165) is 38.9 Å². The van der Waals surface area contributed by atoms with Crippen molar-refractivity contribution in [2.45, 2.75) is 51.6 Å². The highest BCUT2D eigenvalue weighted by Gasteiger charge is 2.38. The third-order valence-corrected chi connectivity index (χ3v) is 3.46. The molecule has 0 aromatic rings. The van der Waals surface area contributed by atoms with E-state index >= 15 is 0 Å². The van der Waals surface area contributed by atoms with Crippen molar-refractivity contribution in [1.82, 2.24) is 10.2 Å². The lowest BCUT2D eigenvalue weighted by molar-refractivity contribution is -0.151. The summed E-state index contributed by atoms with van der Waals surface area (Å²) in [7, 11) is 0. The van der Waals surface area contributed by atoms with Crippen molar-refractivity contribution >= 4 is 5.97 Å². The minimum Gasteiger partial charge on any atom is -0.480 e. The molecule has 0 amide bonds. The number of carboxylic acid groups (broad SMARTS) is 1. The Morgan fingerprint density at radius 2 is 2.00 bits per heavy atom. The number of aliphatic carboxylic acids is 1. The van der Waals surface area contributed by atoms with Gasteiger partial charge in [0.1, 0.15) is 5.54 Å². The van der Waals surface area contributed by atoms with E-state index in [-0.39, 0.29) is 0 Å². The fourth-order valence-corrected chi connectivity index (χ4v) is 2.40. The monoisotopic (exact) mass is 228 g/mol. The summed E-state index contributed by atoms with van der Waals surface area (Å²) in [5.74, 6) is -0.723. The van der Waals surface area contributed by atoms with E-state index in [2.05, 4.69) is 17.1 Å². The number of carbonyl (C=O) groups is 1. The van der Waals surface area contributed by atoms with Gasteiger partial charge in [0, 0.05) is 6.04 Å². The molecule has 1 saturated heterocycles. The topological polar surface area (TPSA) is 52.6 Å². The van der Waals surface area contributed by atoms with Crippen LogP contribution in [0.2, 0.25) is 0 Å². The van der Waals surface area contributed by atoms with Crippen molar-refractivity contribution < 1.29 is 9.90 Å². The summed E-state index contributed by atoms with van der Waals surface area (Å²) >= 11 is 0. The minimum absolute atomic E-state index is 0.410. The maximum absolute atomic E-state index is 11.3. The zero-order valence-corrected chi connectivity index (χ0v) is 10.6. The zero-order chi connectivity index (χ0) is 12.2. The molecule has 1 aliphatic heterocycles. The molecule has 0 aromatic heterocycles. The van der Waals surface area contributed by atoms with Crippen LogP contribution in [0.4, 0.5) is 0 Å². The van der Waals surface area contributed by atoms with Gasteiger partial charge < -0.3 is 10.4 Å². The van der Waals surface area contributed by atoms with Crippen LogP contribution in [0.25, 0.3) is 0 Å². The molecule has 1 fully saturated rings. The number of hydrogen-bond donors (Lipinski definition) is 2. The highest BCUT2D eigenvalue weighted by atomic mass is 16.4. The van der Waals surface area contributed by atoms with Crippen LogP contribution in [0.1, 0.15) is 40.0 Å².